The first-order valence-corrected chi connectivity index (χ1v) is 2.07. The van der Waals surface area contributed by atoms with Crippen LogP contribution in [0.5, 0.6) is 0 Å². The molecule has 1 heterocycles. The maximum absolute atomic E-state index is 10.3. The first-order valence-electron chi connectivity index (χ1n) is 2.07. The van der Waals surface area contributed by atoms with Gasteiger partial charge in [-0.15, -0.1) is 4.73 Å². The highest BCUT2D eigenvalue weighted by Gasteiger charge is 1.89. The molecule has 6 heteroatoms. The van der Waals surface area contributed by atoms with Crippen molar-refractivity contribution in [2.75, 3.05) is 0 Å². The SMILES string of the molecule is O=c1ncn(O)c(=O)[nH]1. The second kappa shape index (κ2) is 1.73. The quantitative estimate of drug-likeness (QED) is 0.403. The highest BCUT2D eigenvalue weighted by Crippen LogP contribution is 1.53. The molecule has 48 valence electrons. The second-order valence-corrected chi connectivity index (χ2v) is 1.32. The van der Waals surface area contributed by atoms with E-state index in [0.717, 1.165) is 6.33 Å². The predicted molar refractivity (Wildman–Crippen MR) is 26.3 cm³/mol. The van der Waals surface area contributed by atoms with Crippen LogP contribution in [0.15, 0.2) is 15.9 Å². The molecule has 0 radical (unpaired) electrons. The predicted octanol–water partition coefficient (Wildman–Crippen LogP) is -1.83. The molecule has 9 heavy (non-hydrogen) atoms. The van der Waals surface area contributed by atoms with E-state index >= 15 is 0 Å². The summed E-state index contributed by atoms with van der Waals surface area (Å²) < 4.78 is 0.182. The molecule has 0 spiro atoms. The van der Waals surface area contributed by atoms with E-state index in [1.807, 2.05) is 0 Å². The molecule has 0 amide bonds. The molecule has 0 aliphatic rings. The maximum Gasteiger partial charge on any atom is 0.363 e. The Labute approximate surface area is 48.4 Å². The summed E-state index contributed by atoms with van der Waals surface area (Å²) in [5.74, 6) is 0. The first-order chi connectivity index (χ1) is 4.20. The summed E-state index contributed by atoms with van der Waals surface area (Å²) in [5, 5.41) is 8.42. The van der Waals surface area contributed by atoms with E-state index in [1.54, 1.807) is 4.98 Å². The number of hydrogen-bond acceptors (Lipinski definition) is 4. The third-order valence-electron chi connectivity index (χ3n) is 0.706. The zero-order valence-corrected chi connectivity index (χ0v) is 4.24. The number of aromatic nitrogens is 3. The summed E-state index contributed by atoms with van der Waals surface area (Å²) in [6.45, 7) is 0. The van der Waals surface area contributed by atoms with Crippen LogP contribution in [-0.2, 0) is 0 Å². The smallest absolute Gasteiger partial charge is 0.363 e. The summed E-state index contributed by atoms with van der Waals surface area (Å²) in [7, 11) is 0. The van der Waals surface area contributed by atoms with Gasteiger partial charge in [0.2, 0.25) is 0 Å². The Morgan fingerprint density at radius 3 is 2.78 bits per heavy atom. The van der Waals surface area contributed by atoms with Crippen molar-refractivity contribution in [1.29, 1.82) is 0 Å². The standard InChI is InChI=1S/C3H3N3O3/c7-2-4-1-6(9)3(8)5-2/h1,9H,(H,5,7,8). The van der Waals surface area contributed by atoms with Gasteiger partial charge >= 0.3 is 11.4 Å². The average Bonchev–Trinajstić information content (AvgIpc) is 1.80. The monoisotopic (exact) mass is 129 g/mol. The number of aromatic amines is 1. The van der Waals surface area contributed by atoms with Crippen molar-refractivity contribution in [2.24, 2.45) is 0 Å². The summed E-state index contributed by atoms with van der Waals surface area (Å²) in [4.78, 5) is 25.2. The van der Waals surface area contributed by atoms with Gasteiger partial charge in [-0.3, -0.25) is 4.98 Å². The molecule has 1 aromatic heterocycles. The average molecular weight is 129 g/mol. The van der Waals surface area contributed by atoms with E-state index in [1.165, 1.54) is 0 Å². The molecule has 0 atom stereocenters. The van der Waals surface area contributed by atoms with Crippen LogP contribution in [0, 0.1) is 0 Å². The minimum absolute atomic E-state index is 0.182. The largest absolute Gasteiger partial charge is 0.423 e. The fourth-order valence-electron chi connectivity index (χ4n) is 0.341. The van der Waals surface area contributed by atoms with Crippen LogP contribution in [0.25, 0.3) is 0 Å². The molecule has 0 bridgehead atoms. The van der Waals surface area contributed by atoms with E-state index in [4.69, 9.17) is 5.21 Å². The fraction of sp³-hybridized carbons (Fsp3) is 0. The van der Waals surface area contributed by atoms with E-state index in [2.05, 4.69) is 4.98 Å². The Kier molecular flexibility index (Phi) is 1.07. The van der Waals surface area contributed by atoms with Gasteiger partial charge in [-0.25, -0.2) is 9.59 Å². The van der Waals surface area contributed by atoms with Crippen LogP contribution in [0.4, 0.5) is 0 Å². The second-order valence-electron chi connectivity index (χ2n) is 1.32. The van der Waals surface area contributed by atoms with Gasteiger partial charge in [0, 0.05) is 0 Å². The highest BCUT2D eigenvalue weighted by molar-refractivity contribution is 4.60. The van der Waals surface area contributed by atoms with Crippen LogP contribution >= 0.6 is 0 Å². The summed E-state index contributed by atoms with van der Waals surface area (Å²) in [5.41, 5.74) is -1.67. The van der Waals surface area contributed by atoms with Gasteiger partial charge in [0.05, 0.1) is 0 Å². The van der Waals surface area contributed by atoms with Gasteiger partial charge in [0.25, 0.3) is 0 Å². The van der Waals surface area contributed by atoms with Crippen molar-refractivity contribution in [1.82, 2.24) is 14.7 Å². The molecule has 1 rings (SSSR count). The lowest BCUT2D eigenvalue weighted by Gasteiger charge is -1.87. The summed E-state index contributed by atoms with van der Waals surface area (Å²) >= 11 is 0. The molecule has 0 unspecified atom stereocenters. The van der Waals surface area contributed by atoms with Gasteiger partial charge < -0.3 is 5.21 Å². The van der Waals surface area contributed by atoms with Crippen LogP contribution < -0.4 is 11.4 Å². The Balaban J connectivity index is 3.52. The summed E-state index contributed by atoms with van der Waals surface area (Å²) in [6.07, 6.45) is 0.723. The van der Waals surface area contributed by atoms with Crippen LogP contribution in [0.1, 0.15) is 0 Å². The van der Waals surface area contributed by atoms with Gasteiger partial charge in [-0.05, 0) is 0 Å². The molecule has 0 saturated heterocycles. The van der Waals surface area contributed by atoms with Crippen molar-refractivity contribution >= 4 is 0 Å². The molecule has 0 aliphatic carbocycles. The van der Waals surface area contributed by atoms with Gasteiger partial charge in [0.15, 0.2) is 0 Å². The topological polar surface area (TPSA) is 88.0 Å². The minimum atomic E-state index is -0.894. The lowest BCUT2D eigenvalue weighted by atomic mass is 11.0. The van der Waals surface area contributed by atoms with Crippen molar-refractivity contribution < 1.29 is 5.21 Å². The number of H-pyrrole nitrogens is 1. The van der Waals surface area contributed by atoms with Crippen molar-refractivity contribution in [2.45, 2.75) is 0 Å². The molecular weight excluding hydrogens is 126 g/mol. The lowest BCUT2D eigenvalue weighted by molar-refractivity contribution is 0.165. The third kappa shape index (κ3) is 0.958. The Morgan fingerprint density at radius 2 is 2.33 bits per heavy atom. The molecule has 6 nitrogen and oxygen atoms in total. The van der Waals surface area contributed by atoms with Crippen molar-refractivity contribution in [3.63, 3.8) is 0 Å². The van der Waals surface area contributed by atoms with Crippen LogP contribution in [0.2, 0.25) is 0 Å². The van der Waals surface area contributed by atoms with Gasteiger partial charge in [-0.1, -0.05) is 0 Å². The van der Waals surface area contributed by atoms with E-state index in [-0.39, 0.29) is 4.73 Å². The van der Waals surface area contributed by atoms with Gasteiger partial charge in [0.1, 0.15) is 6.33 Å². The first kappa shape index (κ1) is 5.54. The zero-order valence-electron chi connectivity index (χ0n) is 4.24. The Hall–Kier alpha value is -1.59. The molecule has 0 aromatic carbocycles. The number of nitrogens with zero attached hydrogens (tertiary/aromatic N) is 2. The van der Waals surface area contributed by atoms with Gasteiger partial charge in [-0.2, -0.15) is 4.98 Å². The number of nitrogens with one attached hydrogen (secondary N) is 1. The number of rotatable bonds is 0. The minimum Gasteiger partial charge on any atom is -0.423 e. The number of hydrogen-bond donors (Lipinski definition) is 2. The van der Waals surface area contributed by atoms with E-state index < -0.39 is 11.4 Å². The van der Waals surface area contributed by atoms with E-state index in [9.17, 15) is 9.59 Å². The normalized spacial score (nSPS) is 9.33. The molecule has 2 N–H and O–H groups in total. The Morgan fingerprint density at radius 1 is 1.67 bits per heavy atom. The molecular formula is C3H3N3O3. The summed E-state index contributed by atoms with van der Waals surface area (Å²) in [6, 6.07) is 0. The molecule has 0 saturated carbocycles. The van der Waals surface area contributed by atoms with Crippen LogP contribution in [-0.4, -0.2) is 19.9 Å². The van der Waals surface area contributed by atoms with Crippen molar-refractivity contribution in [3.05, 3.63) is 27.3 Å². The van der Waals surface area contributed by atoms with Crippen LogP contribution in [0.3, 0.4) is 0 Å². The molecule has 0 aliphatic heterocycles. The van der Waals surface area contributed by atoms with Crippen molar-refractivity contribution in [3.8, 4) is 0 Å². The fourth-order valence-corrected chi connectivity index (χ4v) is 0.341. The zero-order chi connectivity index (χ0) is 6.85. The third-order valence-corrected chi connectivity index (χ3v) is 0.706. The lowest BCUT2D eigenvalue weighted by Crippen LogP contribution is -2.29. The molecule has 1 aromatic rings. The Bertz CT molecular complexity index is 311. The highest BCUT2D eigenvalue weighted by atomic mass is 16.5. The maximum atomic E-state index is 10.3. The molecule has 0 fully saturated rings. The van der Waals surface area contributed by atoms with E-state index in [0.29, 0.717) is 0 Å².